The summed E-state index contributed by atoms with van der Waals surface area (Å²) in [5.74, 6) is 0.149. The molecule has 0 fully saturated rings. The molecule has 0 bridgehead atoms. The molecule has 4 heteroatoms. The monoisotopic (exact) mass is 702 g/mol. The van der Waals surface area contributed by atoms with Gasteiger partial charge < -0.3 is 17.5 Å². The van der Waals surface area contributed by atoms with Crippen molar-refractivity contribution >= 4 is 27.0 Å². The van der Waals surface area contributed by atoms with Crippen LogP contribution in [-0.2, 0) is 47.0 Å². The summed E-state index contributed by atoms with van der Waals surface area (Å²) in [5, 5.41) is 17.4. The van der Waals surface area contributed by atoms with Crippen LogP contribution < -0.4 is 17.5 Å². The predicted octanol–water partition coefficient (Wildman–Crippen LogP) is 8.00. The van der Waals surface area contributed by atoms with E-state index in [2.05, 4.69) is 149 Å². The molecule has 0 spiro atoms. The molecule has 0 atom stereocenters. The summed E-state index contributed by atoms with van der Waals surface area (Å²) in [6.07, 6.45) is 2.25. The van der Waals surface area contributed by atoms with E-state index in [0.717, 1.165) is 18.4 Å². The molecule has 0 N–H and O–H groups in total. The van der Waals surface area contributed by atoms with Gasteiger partial charge in [-0.2, -0.15) is 12.1 Å². The second-order valence-electron chi connectivity index (χ2n) is 13.8. The molecule has 1 nitrogen and oxygen atoms in total. The zero-order valence-electron chi connectivity index (χ0n) is 29.2. The Balaban J connectivity index is 0.000000309. The van der Waals surface area contributed by atoms with Gasteiger partial charge in [0.1, 0.15) is 0 Å². The van der Waals surface area contributed by atoms with Crippen LogP contribution in [-0.4, -0.2) is 5.43 Å². The minimum atomic E-state index is -0.0711. The number of hydrogen-bond acceptors (Lipinski definition) is 1. The van der Waals surface area contributed by atoms with Crippen molar-refractivity contribution < 1.29 is 40.8 Å². The van der Waals surface area contributed by atoms with E-state index in [-0.39, 0.29) is 34.4 Å². The van der Waals surface area contributed by atoms with Crippen molar-refractivity contribution in [1.82, 2.24) is 0 Å². The van der Waals surface area contributed by atoms with E-state index in [9.17, 15) is 5.11 Å². The van der Waals surface area contributed by atoms with E-state index >= 15 is 0 Å². The van der Waals surface area contributed by atoms with Crippen LogP contribution in [0.3, 0.4) is 0 Å². The summed E-state index contributed by atoms with van der Waals surface area (Å²) in [6, 6.07) is 27.8. The summed E-state index contributed by atoms with van der Waals surface area (Å²) >= 11 is 1.74. The second-order valence-corrected chi connectivity index (χ2v) is 23.2. The van der Waals surface area contributed by atoms with Crippen molar-refractivity contribution in [2.75, 3.05) is 0 Å². The third kappa shape index (κ3) is 12.1. The number of fused-ring (bicyclic) bond motifs is 2. The van der Waals surface area contributed by atoms with Crippen molar-refractivity contribution in [2.45, 2.75) is 106 Å². The summed E-state index contributed by atoms with van der Waals surface area (Å²) in [6.45, 7) is 26.1. The van der Waals surface area contributed by atoms with Crippen LogP contribution in [0, 0.1) is 13.8 Å². The Hall–Kier alpha value is -1.93. The van der Waals surface area contributed by atoms with Gasteiger partial charge in [-0.15, -0.1) is 74.8 Å². The smallest absolute Gasteiger partial charge is 1.00 e. The van der Waals surface area contributed by atoms with Gasteiger partial charge >= 0.3 is 41.9 Å². The third-order valence-electron chi connectivity index (χ3n) is 7.39. The molecule has 0 aliphatic heterocycles. The summed E-state index contributed by atoms with van der Waals surface area (Å²) in [4.78, 5) is 0. The maximum atomic E-state index is 11.7. The van der Waals surface area contributed by atoms with Gasteiger partial charge in [0, 0.05) is 0 Å². The molecule has 0 saturated heterocycles. The van der Waals surface area contributed by atoms with Crippen molar-refractivity contribution in [3.8, 4) is 5.75 Å². The van der Waals surface area contributed by atoms with Crippen molar-refractivity contribution in [2.24, 2.45) is 0 Å². The first kappa shape index (κ1) is 40.1. The van der Waals surface area contributed by atoms with Gasteiger partial charge in [-0.1, -0.05) is 116 Å². The normalized spacial score (nSPS) is 11.0. The molecular weight excluding hydrogens is 651 g/mol. The van der Waals surface area contributed by atoms with Gasteiger partial charge in [-0.25, -0.2) is 0 Å². The molecular formula is C40H53ClOSiZr-2. The Morgan fingerprint density at radius 2 is 1.09 bits per heavy atom. The van der Waals surface area contributed by atoms with Crippen LogP contribution in [0.2, 0.25) is 13.1 Å². The summed E-state index contributed by atoms with van der Waals surface area (Å²) in [5.41, 5.74) is 8.04. The Morgan fingerprint density at radius 1 is 0.682 bits per heavy atom. The molecule has 236 valence electrons. The van der Waals surface area contributed by atoms with Gasteiger partial charge in [0.05, 0.1) is 0 Å². The summed E-state index contributed by atoms with van der Waals surface area (Å²) in [7, 11) is 0. The Kier molecular flexibility index (Phi) is 16.1. The third-order valence-corrected chi connectivity index (χ3v) is 7.39. The number of benzene rings is 3. The zero-order valence-corrected chi connectivity index (χ0v) is 33.4. The molecule has 0 heterocycles. The van der Waals surface area contributed by atoms with Crippen LogP contribution in [0.5, 0.6) is 5.75 Å². The predicted molar refractivity (Wildman–Crippen MR) is 188 cm³/mol. The molecule has 0 aromatic heterocycles. The maximum absolute atomic E-state index is 11.7. The number of halogens is 1. The minimum Gasteiger partial charge on any atom is -1.00 e. The first-order chi connectivity index (χ1) is 20.0. The van der Waals surface area contributed by atoms with Crippen LogP contribution in [0.15, 0.2) is 78.9 Å². The van der Waals surface area contributed by atoms with Gasteiger partial charge in [-0.05, 0) is 29.2 Å². The molecule has 0 amide bonds. The Labute approximate surface area is 290 Å². The van der Waals surface area contributed by atoms with Crippen molar-refractivity contribution in [3.05, 3.63) is 112 Å². The van der Waals surface area contributed by atoms with Crippen molar-refractivity contribution in [1.29, 1.82) is 0 Å². The quantitative estimate of drug-likeness (QED) is 0.135. The molecule has 44 heavy (non-hydrogen) atoms. The van der Waals surface area contributed by atoms with E-state index in [1.807, 2.05) is 6.07 Å². The molecule has 5 aromatic rings. The van der Waals surface area contributed by atoms with E-state index in [4.69, 9.17) is 0 Å². The molecule has 5 rings (SSSR count). The topological polar surface area (TPSA) is 23.1 Å². The minimum absolute atomic E-state index is 0. The standard InChI is InChI=1S/C14H22O.2C12H13.C2H6Si.ClH.Zr/c1-13(2,3)10-7-8-12(15)11(9-10)14(4,5)6;2*1-3-10-5-4-6-11-7-9(2)8-12(10)11;1-3-2;;/h7-9,15H,1-6H3;2*4-8H,3H2,1-2H3;1-2H3;1H;/q;2*-1;;;+2/p-2. The van der Waals surface area contributed by atoms with E-state index < -0.39 is 0 Å². The van der Waals surface area contributed by atoms with Gasteiger partial charge in [0.25, 0.3) is 0 Å². The zero-order chi connectivity index (χ0) is 32.5. The average molecular weight is 705 g/mol. The number of rotatable bonds is 2. The maximum Gasteiger partial charge on any atom is -1.00 e. The van der Waals surface area contributed by atoms with Crippen LogP contribution in [0.1, 0.15) is 88.8 Å². The van der Waals surface area contributed by atoms with Gasteiger partial charge in [-0.3, -0.25) is 0 Å². The first-order valence-electron chi connectivity index (χ1n) is 15.6. The second kappa shape index (κ2) is 17.7. The molecule has 0 unspecified atom stereocenters. The fraction of sp³-hybridized carbons (Fsp3) is 0.400. The van der Waals surface area contributed by atoms with E-state index in [1.165, 1.54) is 49.4 Å². The van der Waals surface area contributed by atoms with Crippen LogP contribution >= 0.6 is 0 Å². The number of aryl methyl sites for hydroxylation is 4. The fourth-order valence-electron chi connectivity index (χ4n) is 5.10. The molecule has 5 aromatic carbocycles. The average Bonchev–Trinajstić information content (AvgIpc) is 3.48. The van der Waals surface area contributed by atoms with Gasteiger partial charge in [0.15, 0.2) is 0 Å². The van der Waals surface area contributed by atoms with Crippen molar-refractivity contribution in [3.63, 3.8) is 0 Å². The first-order valence-corrected chi connectivity index (χ1v) is 21.8. The molecule has 0 aliphatic rings. The molecule has 0 radical (unpaired) electrons. The fourth-order valence-corrected chi connectivity index (χ4v) is 5.10. The van der Waals surface area contributed by atoms with E-state index in [0.29, 0.717) is 0 Å². The molecule has 0 saturated carbocycles. The SMILES string of the molecule is CC(C)(C)c1ccc([O-])c(C(C)(C)C)c1.CCc1cccc2[cH-]c(C)cc12.CCc1cccc2[cH-]c(C)cc12.C[Si](C)=[Zr+2].[Cl-]. The Bertz CT molecular complexity index is 1540. The Morgan fingerprint density at radius 3 is 1.43 bits per heavy atom. The molecule has 0 aliphatic carbocycles. The number of hydrogen-bond donors (Lipinski definition) is 0. The summed E-state index contributed by atoms with van der Waals surface area (Å²) < 4.78 is 0. The van der Waals surface area contributed by atoms with Crippen LogP contribution in [0.25, 0.3) is 21.5 Å². The largest absolute Gasteiger partial charge is 1.00 e. The van der Waals surface area contributed by atoms with Crippen LogP contribution in [0.4, 0.5) is 0 Å². The van der Waals surface area contributed by atoms with Gasteiger partial charge in [0.2, 0.25) is 0 Å². The van der Waals surface area contributed by atoms with E-state index in [1.54, 1.807) is 29.4 Å².